The summed E-state index contributed by atoms with van der Waals surface area (Å²) in [7, 11) is 0. The lowest BCUT2D eigenvalue weighted by Crippen LogP contribution is -2.09. The van der Waals surface area contributed by atoms with Crippen molar-refractivity contribution in [3.8, 4) is 22.5 Å². The average molecular weight is 447 g/mol. The quantitative estimate of drug-likeness (QED) is 0.365. The summed E-state index contributed by atoms with van der Waals surface area (Å²) in [6.07, 6.45) is 3.47. The Morgan fingerprint density at radius 3 is 2.48 bits per heavy atom. The molecule has 2 aromatic heterocycles. The Kier molecular flexibility index (Phi) is 6.83. The molecule has 4 rings (SSSR count). The molecule has 8 nitrogen and oxygen atoms in total. The first-order chi connectivity index (χ1) is 16.1. The first-order valence-electron chi connectivity index (χ1n) is 11.1. The molecule has 0 amide bonds. The smallest absolute Gasteiger partial charge is 0.439 e. The highest BCUT2D eigenvalue weighted by molar-refractivity contribution is 5.89. The molecule has 33 heavy (non-hydrogen) atoms. The Labute approximate surface area is 191 Å². The lowest BCUT2D eigenvalue weighted by atomic mass is 9.95. The van der Waals surface area contributed by atoms with Crippen LogP contribution in [0, 0.1) is 0 Å². The number of aryl methyl sites for hydroxylation is 1. The normalized spacial score (nSPS) is 11.0. The molecule has 0 aliphatic rings. The number of esters is 1. The van der Waals surface area contributed by atoms with E-state index in [0.717, 1.165) is 52.8 Å². The SMILES string of the molecule is CCCCc1[nH]nc(C(=O)OCC)c1Cc1ccc(-c2ccccc2-c2noc(=O)[nH]2)cc1. The largest absolute Gasteiger partial charge is 0.461 e. The highest BCUT2D eigenvalue weighted by atomic mass is 16.5. The zero-order chi connectivity index (χ0) is 23.2. The van der Waals surface area contributed by atoms with Gasteiger partial charge in [-0.05, 0) is 36.5 Å². The van der Waals surface area contributed by atoms with Crippen LogP contribution in [-0.4, -0.2) is 32.9 Å². The summed E-state index contributed by atoms with van der Waals surface area (Å²) in [5, 5.41) is 11.1. The number of hydrogen-bond acceptors (Lipinski definition) is 6. The third-order valence-corrected chi connectivity index (χ3v) is 5.47. The van der Waals surface area contributed by atoms with Gasteiger partial charge in [0.15, 0.2) is 11.5 Å². The van der Waals surface area contributed by atoms with Crippen LogP contribution < -0.4 is 5.76 Å². The van der Waals surface area contributed by atoms with E-state index in [0.29, 0.717) is 24.5 Å². The van der Waals surface area contributed by atoms with E-state index in [9.17, 15) is 9.59 Å². The number of hydrogen-bond donors (Lipinski definition) is 2. The van der Waals surface area contributed by atoms with Crippen molar-refractivity contribution in [2.45, 2.75) is 39.5 Å². The van der Waals surface area contributed by atoms with Gasteiger partial charge in [-0.2, -0.15) is 5.10 Å². The van der Waals surface area contributed by atoms with E-state index in [4.69, 9.17) is 4.74 Å². The molecule has 0 spiro atoms. The van der Waals surface area contributed by atoms with Crippen LogP contribution in [0.5, 0.6) is 0 Å². The van der Waals surface area contributed by atoms with E-state index in [1.165, 1.54) is 0 Å². The van der Waals surface area contributed by atoms with Crippen molar-refractivity contribution in [2.24, 2.45) is 0 Å². The topological polar surface area (TPSA) is 114 Å². The predicted octanol–water partition coefficient (Wildman–Crippen LogP) is 4.53. The van der Waals surface area contributed by atoms with E-state index in [1.807, 2.05) is 48.5 Å². The monoisotopic (exact) mass is 446 g/mol. The Hall–Kier alpha value is -3.94. The number of nitrogens with zero attached hydrogens (tertiary/aromatic N) is 2. The fourth-order valence-corrected chi connectivity index (χ4v) is 3.81. The molecule has 0 bridgehead atoms. The van der Waals surface area contributed by atoms with Gasteiger partial charge in [-0.3, -0.25) is 14.6 Å². The molecule has 0 saturated heterocycles. The second kappa shape index (κ2) is 10.1. The summed E-state index contributed by atoms with van der Waals surface area (Å²) in [5.74, 6) is -0.608. The average Bonchev–Trinajstić information content (AvgIpc) is 3.44. The van der Waals surface area contributed by atoms with E-state index >= 15 is 0 Å². The molecule has 0 atom stereocenters. The summed E-state index contributed by atoms with van der Waals surface area (Å²) in [6.45, 7) is 4.22. The number of aromatic nitrogens is 4. The van der Waals surface area contributed by atoms with Gasteiger partial charge in [0.2, 0.25) is 0 Å². The molecular formula is C25H26N4O4. The maximum atomic E-state index is 12.4. The number of benzene rings is 2. The van der Waals surface area contributed by atoms with E-state index in [-0.39, 0.29) is 0 Å². The molecule has 2 aromatic carbocycles. The molecule has 4 aromatic rings. The van der Waals surface area contributed by atoms with Crippen LogP contribution in [0.25, 0.3) is 22.5 Å². The lowest BCUT2D eigenvalue weighted by molar-refractivity contribution is 0.0518. The Bertz CT molecular complexity index is 1280. The maximum Gasteiger partial charge on any atom is 0.439 e. The second-order valence-electron chi connectivity index (χ2n) is 7.72. The summed E-state index contributed by atoms with van der Waals surface area (Å²) in [6, 6.07) is 15.8. The molecule has 0 unspecified atom stereocenters. The molecule has 0 saturated carbocycles. The van der Waals surface area contributed by atoms with Gasteiger partial charge in [0.1, 0.15) is 0 Å². The third-order valence-electron chi connectivity index (χ3n) is 5.47. The van der Waals surface area contributed by atoms with Gasteiger partial charge in [-0.15, -0.1) is 0 Å². The molecule has 8 heteroatoms. The summed E-state index contributed by atoms with van der Waals surface area (Å²) in [5.41, 5.74) is 5.94. The number of aromatic amines is 2. The van der Waals surface area contributed by atoms with Gasteiger partial charge in [0, 0.05) is 23.2 Å². The number of unbranched alkanes of at least 4 members (excludes halogenated alkanes) is 1. The van der Waals surface area contributed by atoms with Crippen LogP contribution in [0.15, 0.2) is 57.8 Å². The zero-order valence-corrected chi connectivity index (χ0v) is 18.7. The van der Waals surface area contributed by atoms with Crippen molar-refractivity contribution in [2.75, 3.05) is 6.61 Å². The van der Waals surface area contributed by atoms with Crippen LogP contribution in [0.1, 0.15) is 54.0 Å². The van der Waals surface area contributed by atoms with Crippen molar-refractivity contribution < 1.29 is 14.1 Å². The first-order valence-corrected chi connectivity index (χ1v) is 11.1. The number of carbonyl (C=O) groups excluding carboxylic acids is 1. The highest BCUT2D eigenvalue weighted by Gasteiger charge is 2.21. The number of H-pyrrole nitrogens is 2. The van der Waals surface area contributed by atoms with Crippen LogP contribution in [-0.2, 0) is 17.6 Å². The van der Waals surface area contributed by atoms with Crippen molar-refractivity contribution in [3.05, 3.63) is 81.6 Å². The highest BCUT2D eigenvalue weighted by Crippen LogP contribution is 2.30. The van der Waals surface area contributed by atoms with E-state index < -0.39 is 11.7 Å². The second-order valence-corrected chi connectivity index (χ2v) is 7.72. The fraction of sp³-hybridized carbons (Fsp3) is 0.280. The molecular weight excluding hydrogens is 420 g/mol. The molecule has 2 heterocycles. The summed E-state index contributed by atoms with van der Waals surface area (Å²) < 4.78 is 9.86. The van der Waals surface area contributed by atoms with E-state index in [2.05, 4.69) is 31.8 Å². The third kappa shape index (κ3) is 4.95. The van der Waals surface area contributed by atoms with Crippen molar-refractivity contribution in [1.29, 1.82) is 0 Å². The molecule has 0 radical (unpaired) electrons. The number of rotatable bonds is 9. The molecule has 0 fully saturated rings. The minimum Gasteiger partial charge on any atom is -0.461 e. The summed E-state index contributed by atoms with van der Waals surface area (Å²) in [4.78, 5) is 26.4. The standard InChI is InChI=1S/C25H26N4O4/c1-3-5-10-21-20(22(28-27-21)24(30)32-4-2)15-16-11-13-17(14-12-16)18-8-6-7-9-19(18)23-26-25(31)33-29-23/h6-9,11-14H,3-5,10,15H2,1-2H3,(H,27,28)(H,26,29,31). The van der Waals surface area contributed by atoms with Gasteiger partial charge < -0.3 is 4.74 Å². The lowest BCUT2D eigenvalue weighted by Gasteiger charge is -2.09. The van der Waals surface area contributed by atoms with Crippen LogP contribution in [0.2, 0.25) is 0 Å². The van der Waals surface area contributed by atoms with Gasteiger partial charge in [-0.1, -0.05) is 67.0 Å². The molecule has 2 N–H and O–H groups in total. The Morgan fingerprint density at radius 1 is 1.06 bits per heavy atom. The number of ether oxygens (including phenoxy) is 1. The van der Waals surface area contributed by atoms with Crippen molar-refractivity contribution in [3.63, 3.8) is 0 Å². The predicted molar refractivity (Wildman–Crippen MR) is 124 cm³/mol. The van der Waals surface area contributed by atoms with Crippen molar-refractivity contribution in [1.82, 2.24) is 20.3 Å². The van der Waals surface area contributed by atoms with Crippen LogP contribution in [0.4, 0.5) is 0 Å². The minimum atomic E-state index is -0.591. The number of nitrogens with one attached hydrogen (secondary N) is 2. The zero-order valence-electron chi connectivity index (χ0n) is 18.7. The van der Waals surface area contributed by atoms with Crippen LogP contribution in [0.3, 0.4) is 0 Å². The van der Waals surface area contributed by atoms with Gasteiger partial charge >= 0.3 is 11.7 Å². The first kappa shape index (κ1) is 22.3. The molecule has 0 aliphatic heterocycles. The Morgan fingerprint density at radius 2 is 1.82 bits per heavy atom. The fourth-order valence-electron chi connectivity index (χ4n) is 3.81. The van der Waals surface area contributed by atoms with Gasteiger partial charge in [0.05, 0.1) is 6.61 Å². The minimum absolute atomic E-state index is 0.306. The van der Waals surface area contributed by atoms with Crippen molar-refractivity contribution >= 4 is 5.97 Å². The number of carbonyl (C=O) groups is 1. The molecule has 0 aliphatic carbocycles. The van der Waals surface area contributed by atoms with E-state index in [1.54, 1.807) is 6.92 Å². The maximum absolute atomic E-state index is 12.4. The van der Waals surface area contributed by atoms with Gasteiger partial charge in [0.25, 0.3) is 0 Å². The van der Waals surface area contributed by atoms with Crippen LogP contribution >= 0.6 is 0 Å². The summed E-state index contributed by atoms with van der Waals surface area (Å²) >= 11 is 0. The molecule has 170 valence electrons. The van der Waals surface area contributed by atoms with Gasteiger partial charge in [-0.25, -0.2) is 9.59 Å². The Balaban J connectivity index is 1.63.